The fourth-order valence-electron chi connectivity index (χ4n) is 2.11. The predicted octanol–water partition coefficient (Wildman–Crippen LogP) is 2.26. The van der Waals surface area contributed by atoms with E-state index in [9.17, 15) is 10.2 Å². The van der Waals surface area contributed by atoms with Crippen molar-refractivity contribution >= 4 is 11.0 Å². The number of nitrogens with one attached hydrogen (secondary N) is 2. The molecule has 0 saturated heterocycles. The molecule has 4 N–H and O–H groups in total. The minimum atomic E-state index is 0.0588. The van der Waals surface area contributed by atoms with Gasteiger partial charge in [0.1, 0.15) is 17.3 Å². The minimum Gasteiger partial charge on any atom is -0.508 e. The number of fused-ring (bicyclic) bond motifs is 1. The highest BCUT2D eigenvalue weighted by Crippen LogP contribution is 2.22. The molecule has 0 radical (unpaired) electrons. The highest BCUT2D eigenvalue weighted by atomic mass is 16.3. The fourth-order valence-corrected chi connectivity index (χ4v) is 2.11. The number of aromatic hydroxyl groups is 2. The molecular weight excluding hydrogens is 254 g/mol. The zero-order valence-electron chi connectivity index (χ0n) is 10.8. The second-order valence-electron chi connectivity index (χ2n) is 4.62. The van der Waals surface area contributed by atoms with Crippen molar-refractivity contribution in [2.24, 2.45) is 0 Å². The minimum absolute atomic E-state index is 0.0588. The first-order valence-electron chi connectivity index (χ1n) is 6.37. The number of hydrogen-bond donors (Lipinski definition) is 4. The number of imidazole rings is 1. The smallest absolute Gasteiger partial charge is 0.123 e. The van der Waals surface area contributed by atoms with Gasteiger partial charge < -0.3 is 20.5 Å². The molecule has 5 heteroatoms. The molecule has 20 heavy (non-hydrogen) atoms. The summed E-state index contributed by atoms with van der Waals surface area (Å²) < 4.78 is 0. The van der Waals surface area contributed by atoms with E-state index in [1.165, 1.54) is 6.07 Å². The van der Waals surface area contributed by atoms with Crippen LogP contribution < -0.4 is 5.32 Å². The number of benzene rings is 2. The third-order valence-electron chi connectivity index (χ3n) is 3.12. The third-order valence-corrected chi connectivity index (χ3v) is 3.12. The van der Waals surface area contributed by atoms with Gasteiger partial charge >= 0.3 is 0 Å². The van der Waals surface area contributed by atoms with E-state index in [1.54, 1.807) is 12.1 Å². The van der Waals surface area contributed by atoms with Gasteiger partial charge in [-0.05, 0) is 18.2 Å². The molecule has 2 aromatic carbocycles. The molecule has 0 aliphatic carbocycles. The molecule has 0 saturated carbocycles. The first-order valence-corrected chi connectivity index (χ1v) is 6.37. The highest BCUT2D eigenvalue weighted by molar-refractivity contribution is 5.74. The van der Waals surface area contributed by atoms with E-state index in [0.29, 0.717) is 13.1 Å². The molecule has 0 aliphatic heterocycles. The number of aromatic nitrogens is 2. The number of H-pyrrole nitrogens is 1. The van der Waals surface area contributed by atoms with Crippen molar-refractivity contribution in [3.8, 4) is 11.5 Å². The van der Waals surface area contributed by atoms with Gasteiger partial charge in [0.2, 0.25) is 0 Å². The Morgan fingerprint density at radius 3 is 2.70 bits per heavy atom. The molecule has 0 unspecified atom stereocenters. The maximum absolute atomic E-state index is 9.68. The molecular formula is C15H15N3O2. The number of aromatic amines is 1. The van der Waals surface area contributed by atoms with E-state index < -0.39 is 0 Å². The highest BCUT2D eigenvalue weighted by Gasteiger charge is 2.04. The number of phenols is 2. The van der Waals surface area contributed by atoms with Crippen molar-refractivity contribution in [2.75, 3.05) is 0 Å². The van der Waals surface area contributed by atoms with E-state index in [2.05, 4.69) is 15.3 Å². The molecule has 0 atom stereocenters. The van der Waals surface area contributed by atoms with Crippen LogP contribution in [0.2, 0.25) is 0 Å². The van der Waals surface area contributed by atoms with Crippen molar-refractivity contribution < 1.29 is 10.2 Å². The summed E-state index contributed by atoms with van der Waals surface area (Å²) >= 11 is 0. The number of hydrogen-bond acceptors (Lipinski definition) is 4. The van der Waals surface area contributed by atoms with E-state index in [4.69, 9.17) is 0 Å². The molecule has 0 aliphatic rings. The maximum atomic E-state index is 9.68. The van der Waals surface area contributed by atoms with Crippen molar-refractivity contribution in [3.05, 3.63) is 53.9 Å². The van der Waals surface area contributed by atoms with Crippen molar-refractivity contribution in [1.29, 1.82) is 0 Å². The van der Waals surface area contributed by atoms with Crippen LogP contribution in [0.1, 0.15) is 11.4 Å². The molecule has 102 valence electrons. The topological polar surface area (TPSA) is 81.2 Å². The summed E-state index contributed by atoms with van der Waals surface area (Å²) in [4.78, 5) is 7.69. The zero-order valence-corrected chi connectivity index (χ0v) is 10.8. The molecule has 1 heterocycles. The normalized spacial score (nSPS) is 11.0. The summed E-state index contributed by atoms with van der Waals surface area (Å²) in [5.41, 5.74) is 2.69. The Hall–Kier alpha value is -2.53. The first kappa shape index (κ1) is 12.5. The van der Waals surface area contributed by atoms with E-state index in [-0.39, 0.29) is 11.5 Å². The summed E-state index contributed by atoms with van der Waals surface area (Å²) in [6.45, 7) is 1.08. The zero-order chi connectivity index (χ0) is 13.9. The van der Waals surface area contributed by atoms with Crippen LogP contribution in [0.5, 0.6) is 11.5 Å². The van der Waals surface area contributed by atoms with Crippen LogP contribution >= 0.6 is 0 Å². The van der Waals surface area contributed by atoms with E-state index >= 15 is 0 Å². The van der Waals surface area contributed by atoms with E-state index in [0.717, 1.165) is 22.4 Å². The Labute approximate surface area is 115 Å². The number of nitrogens with zero attached hydrogens (tertiary/aromatic N) is 1. The average Bonchev–Trinajstić information content (AvgIpc) is 2.84. The monoisotopic (exact) mass is 269 g/mol. The summed E-state index contributed by atoms with van der Waals surface area (Å²) in [6, 6.07) is 12.4. The second kappa shape index (κ2) is 5.22. The maximum Gasteiger partial charge on any atom is 0.123 e. The van der Waals surface area contributed by atoms with Gasteiger partial charge in [-0.15, -0.1) is 0 Å². The summed E-state index contributed by atoms with van der Waals surface area (Å²) in [6.07, 6.45) is 0. The van der Waals surface area contributed by atoms with Gasteiger partial charge in [0, 0.05) is 18.2 Å². The Morgan fingerprint density at radius 1 is 1.05 bits per heavy atom. The quantitative estimate of drug-likeness (QED) is 0.585. The molecule has 0 fully saturated rings. The number of rotatable bonds is 4. The van der Waals surface area contributed by atoms with Crippen LogP contribution in [0.15, 0.2) is 42.5 Å². The second-order valence-corrected chi connectivity index (χ2v) is 4.62. The summed E-state index contributed by atoms with van der Waals surface area (Å²) in [5.74, 6) is 0.995. The van der Waals surface area contributed by atoms with E-state index in [1.807, 2.05) is 24.3 Å². The van der Waals surface area contributed by atoms with Crippen LogP contribution in [0.4, 0.5) is 0 Å². The molecule has 0 spiro atoms. The average molecular weight is 269 g/mol. The largest absolute Gasteiger partial charge is 0.508 e. The predicted molar refractivity (Wildman–Crippen MR) is 76.4 cm³/mol. The Morgan fingerprint density at radius 2 is 1.90 bits per heavy atom. The van der Waals surface area contributed by atoms with Gasteiger partial charge in [0.05, 0.1) is 17.6 Å². The Bertz CT molecular complexity index is 704. The molecule has 0 amide bonds. The van der Waals surface area contributed by atoms with Gasteiger partial charge in [-0.1, -0.05) is 18.2 Å². The van der Waals surface area contributed by atoms with Gasteiger partial charge in [0.25, 0.3) is 0 Å². The van der Waals surface area contributed by atoms with Crippen molar-refractivity contribution in [2.45, 2.75) is 13.1 Å². The number of phenolic OH excluding ortho intramolecular Hbond substituents is 2. The lowest BCUT2D eigenvalue weighted by Gasteiger charge is -2.05. The molecule has 1 aromatic heterocycles. The van der Waals surface area contributed by atoms with Crippen LogP contribution in [-0.4, -0.2) is 20.2 Å². The lowest BCUT2D eigenvalue weighted by molar-refractivity contribution is 0.443. The Balaban J connectivity index is 1.64. The first-order chi connectivity index (χ1) is 9.72. The number of para-hydroxylation sites is 2. The molecule has 3 rings (SSSR count). The van der Waals surface area contributed by atoms with Crippen molar-refractivity contribution in [3.63, 3.8) is 0 Å². The van der Waals surface area contributed by atoms with Crippen LogP contribution in [0.25, 0.3) is 11.0 Å². The Kier molecular flexibility index (Phi) is 3.26. The van der Waals surface area contributed by atoms with Gasteiger partial charge in [-0.25, -0.2) is 4.98 Å². The lowest BCUT2D eigenvalue weighted by Crippen LogP contribution is -2.13. The summed E-state index contributed by atoms with van der Waals surface area (Å²) in [5, 5.41) is 22.1. The summed E-state index contributed by atoms with van der Waals surface area (Å²) in [7, 11) is 0. The van der Waals surface area contributed by atoms with Gasteiger partial charge in [-0.2, -0.15) is 0 Å². The van der Waals surface area contributed by atoms with Gasteiger partial charge in [-0.3, -0.25) is 0 Å². The van der Waals surface area contributed by atoms with Crippen LogP contribution in [0.3, 0.4) is 0 Å². The standard InChI is InChI=1S/C15H15N3O2/c19-11-6-5-10(14(20)7-11)8-16-9-15-17-12-3-1-2-4-13(12)18-15/h1-7,16,19-20H,8-9H2,(H,17,18). The third kappa shape index (κ3) is 2.57. The molecule has 5 nitrogen and oxygen atoms in total. The van der Waals surface area contributed by atoms with Crippen molar-refractivity contribution in [1.82, 2.24) is 15.3 Å². The SMILES string of the molecule is Oc1ccc(CNCc2nc3ccccc3[nH]2)c(O)c1. The molecule has 3 aromatic rings. The van der Waals surface area contributed by atoms with Gasteiger partial charge in [0.15, 0.2) is 0 Å². The lowest BCUT2D eigenvalue weighted by atomic mass is 10.2. The van der Waals surface area contributed by atoms with Crippen LogP contribution in [-0.2, 0) is 13.1 Å². The fraction of sp³-hybridized carbons (Fsp3) is 0.133. The molecule has 0 bridgehead atoms. The van der Waals surface area contributed by atoms with Crippen LogP contribution in [0, 0.1) is 0 Å².